The highest BCUT2D eigenvalue weighted by atomic mass is 35.5. The predicted molar refractivity (Wildman–Crippen MR) is 139 cm³/mol. The van der Waals surface area contributed by atoms with E-state index in [4.69, 9.17) is 23.2 Å². The molecule has 1 fully saturated rings. The third-order valence-corrected chi connectivity index (χ3v) is 8.35. The first kappa shape index (κ1) is 25.7. The van der Waals surface area contributed by atoms with Crippen LogP contribution in [0.1, 0.15) is 23.5 Å². The van der Waals surface area contributed by atoms with Crippen molar-refractivity contribution in [3.8, 4) is 0 Å². The first-order valence-corrected chi connectivity index (χ1v) is 13.6. The summed E-state index contributed by atoms with van der Waals surface area (Å²) in [6.07, 6.45) is 0.380. The second kappa shape index (κ2) is 11.5. The van der Waals surface area contributed by atoms with Gasteiger partial charge in [0.2, 0.25) is 15.9 Å². The van der Waals surface area contributed by atoms with Gasteiger partial charge < -0.3 is 10.6 Å². The number of carbonyl (C=O) groups is 1. The maximum absolute atomic E-state index is 13.1. The van der Waals surface area contributed by atoms with Gasteiger partial charge in [0.1, 0.15) is 4.90 Å². The van der Waals surface area contributed by atoms with Crippen molar-refractivity contribution < 1.29 is 13.2 Å². The van der Waals surface area contributed by atoms with Gasteiger partial charge in [-0.05, 0) is 35.7 Å². The molecule has 0 aliphatic carbocycles. The molecule has 6 nitrogen and oxygen atoms in total. The summed E-state index contributed by atoms with van der Waals surface area (Å²) in [5.41, 5.74) is 2.23. The van der Waals surface area contributed by atoms with Crippen LogP contribution in [0, 0.1) is 5.92 Å². The van der Waals surface area contributed by atoms with E-state index < -0.39 is 16.1 Å². The van der Waals surface area contributed by atoms with Crippen molar-refractivity contribution in [2.24, 2.45) is 5.92 Å². The predicted octanol–water partition coefficient (Wildman–Crippen LogP) is 4.20. The van der Waals surface area contributed by atoms with Gasteiger partial charge in [-0.2, -0.15) is 0 Å². The zero-order chi connectivity index (χ0) is 24.8. The van der Waals surface area contributed by atoms with E-state index in [0.29, 0.717) is 31.1 Å². The Hall–Kier alpha value is -2.42. The molecule has 0 bridgehead atoms. The van der Waals surface area contributed by atoms with Crippen LogP contribution in [0.25, 0.3) is 0 Å². The van der Waals surface area contributed by atoms with E-state index in [9.17, 15) is 13.2 Å². The number of amides is 1. The second-order valence-corrected chi connectivity index (χ2v) is 11.1. The number of halogens is 2. The van der Waals surface area contributed by atoms with Crippen LogP contribution in [0.15, 0.2) is 83.8 Å². The summed E-state index contributed by atoms with van der Waals surface area (Å²) < 4.78 is 28.4. The zero-order valence-electron chi connectivity index (χ0n) is 19.0. The number of hydrogen-bond donors (Lipinski definition) is 3. The van der Waals surface area contributed by atoms with Crippen LogP contribution in [0.2, 0.25) is 10.0 Å². The molecule has 1 aliphatic heterocycles. The molecule has 35 heavy (non-hydrogen) atoms. The van der Waals surface area contributed by atoms with Crippen molar-refractivity contribution in [3.05, 3.63) is 100 Å². The Labute approximate surface area is 216 Å². The molecule has 4 rings (SSSR count). The van der Waals surface area contributed by atoms with E-state index in [1.165, 1.54) is 18.2 Å². The lowest BCUT2D eigenvalue weighted by molar-refractivity contribution is -0.125. The van der Waals surface area contributed by atoms with E-state index in [-0.39, 0.29) is 27.7 Å². The second-order valence-electron chi connectivity index (χ2n) is 8.60. The van der Waals surface area contributed by atoms with Gasteiger partial charge in [0.15, 0.2) is 0 Å². The van der Waals surface area contributed by atoms with Gasteiger partial charge in [-0.1, -0.05) is 83.9 Å². The lowest BCUT2D eigenvalue weighted by atomic mass is 9.90. The van der Waals surface area contributed by atoms with Crippen LogP contribution < -0.4 is 15.4 Å². The molecule has 1 amide bonds. The van der Waals surface area contributed by atoms with Crippen LogP contribution in [0.3, 0.4) is 0 Å². The van der Waals surface area contributed by atoms with Gasteiger partial charge >= 0.3 is 0 Å². The molecule has 3 aromatic rings. The highest BCUT2D eigenvalue weighted by Gasteiger charge is 2.31. The molecule has 0 spiro atoms. The summed E-state index contributed by atoms with van der Waals surface area (Å²) in [7, 11) is -3.87. The molecule has 1 heterocycles. The fraction of sp³-hybridized carbons (Fsp3) is 0.269. The summed E-state index contributed by atoms with van der Waals surface area (Å²) in [5.74, 6) is -0.466. The minimum Gasteiger partial charge on any atom is -0.355 e. The third kappa shape index (κ3) is 6.63. The molecule has 0 radical (unpaired) electrons. The average molecular weight is 532 g/mol. The fourth-order valence-electron chi connectivity index (χ4n) is 4.35. The minimum atomic E-state index is -3.87. The number of rotatable bonds is 8. The standard InChI is InChI=1S/C26H27Cl2N3O3S/c27-21-11-12-25(24(28)14-21)35(33,34)31-22-13-20(15-29-16-22)26(32)30-17-23(18-7-3-1-4-8-18)19-9-5-2-6-10-19/h1-12,14,20,22-23,29,31H,13,15-17H2,(H,30,32). The van der Waals surface area contributed by atoms with Crippen LogP contribution in [-0.2, 0) is 14.8 Å². The lowest BCUT2D eigenvalue weighted by Gasteiger charge is -2.30. The number of sulfonamides is 1. The van der Waals surface area contributed by atoms with Gasteiger partial charge in [0, 0.05) is 36.6 Å². The number of hydrogen-bond acceptors (Lipinski definition) is 4. The largest absolute Gasteiger partial charge is 0.355 e. The SMILES string of the molecule is O=C(NCC(c1ccccc1)c1ccccc1)C1CNCC(NS(=O)(=O)c2ccc(Cl)cc2Cl)C1. The van der Waals surface area contributed by atoms with Crippen molar-refractivity contribution in [2.75, 3.05) is 19.6 Å². The van der Waals surface area contributed by atoms with Crippen LogP contribution in [0.5, 0.6) is 0 Å². The van der Waals surface area contributed by atoms with Crippen molar-refractivity contribution in [2.45, 2.75) is 23.3 Å². The first-order chi connectivity index (χ1) is 16.8. The third-order valence-electron chi connectivity index (χ3n) is 6.11. The molecule has 3 N–H and O–H groups in total. The molecule has 1 saturated heterocycles. The van der Waals surface area contributed by atoms with Crippen molar-refractivity contribution in [1.29, 1.82) is 0 Å². The normalized spacial score (nSPS) is 18.4. The Balaban J connectivity index is 1.40. The fourth-order valence-corrected chi connectivity index (χ4v) is 6.37. The molecule has 0 saturated carbocycles. The monoisotopic (exact) mass is 531 g/mol. The number of carbonyl (C=O) groups excluding carboxylic acids is 1. The Morgan fingerprint density at radius 2 is 1.57 bits per heavy atom. The smallest absolute Gasteiger partial charge is 0.242 e. The molecule has 2 atom stereocenters. The molecule has 3 aromatic carbocycles. The Morgan fingerprint density at radius 1 is 0.943 bits per heavy atom. The minimum absolute atomic E-state index is 0.0132. The Morgan fingerprint density at radius 3 is 2.17 bits per heavy atom. The number of piperidine rings is 1. The van der Waals surface area contributed by atoms with Gasteiger partial charge in [-0.3, -0.25) is 4.79 Å². The van der Waals surface area contributed by atoms with E-state index in [1.807, 2.05) is 36.4 Å². The zero-order valence-corrected chi connectivity index (χ0v) is 21.3. The maximum Gasteiger partial charge on any atom is 0.242 e. The topological polar surface area (TPSA) is 87.3 Å². The van der Waals surface area contributed by atoms with Gasteiger partial charge in [0.05, 0.1) is 10.9 Å². The molecule has 184 valence electrons. The lowest BCUT2D eigenvalue weighted by Crippen LogP contribution is -2.52. The Bertz CT molecular complexity index is 1220. The van der Waals surface area contributed by atoms with E-state index >= 15 is 0 Å². The summed E-state index contributed by atoms with van der Waals surface area (Å²) in [6.45, 7) is 1.35. The van der Waals surface area contributed by atoms with Crippen molar-refractivity contribution in [1.82, 2.24) is 15.4 Å². The van der Waals surface area contributed by atoms with Gasteiger partial charge in [-0.15, -0.1) is 0 Å². The molecule has 1 aliphatic rings. The highest BCUT2D eigenvalue weighted by Crippen LogP contribution is 2.26. The average Bonchev–Trinajstić information content (AvgIpc) is 2.85. The number of benzene rings is 3. The molecule has 2 unspecified atom stereocenters. The van der Waals surface area contributed by atoms with Gasteiger partial charge in [0.25, 0.3) is 0 Å². The highest BCUT2D eigenvalue weighted by molar-refractivity contribution is 7.89. The van der Waals surface area contributed by atoms with Crippen LogP contribution in [0.4, 0.5) is 0 Å². The van der Waals surface area contributed by atoms with Crippen molar-refractivity contribution >= 4 is 39.1 Å². The Kier molecular flexibility index (Phi) is 8.46. The van der Waals surface area contributed by atoms with Gasteiger partial charge in [-0.25, -0.2) is 13.1 Å². The summed E-state index contributed by atoms with van der Waals surface area (Å²) in [4.78, 5) is 13.0. The van der Waals surface area contributed by atoms with Crippen LogP contribution >= 0.6 is 23.2 Å². The van der Waals surface area contributed by atoms with E-state index in [2.05, 4.69) is 39.6 Å². The van der Waals surface area contributed by atoms with E-state index in [0.717, 1.165) is 11.1 Å². The number of nitrogens with one attached hydrogen (secondary N) is 3. The van der Waals surface area contributed by atoms with Crippen molar-refractivity contribution in [3.63, 3.8) is 0 Å². The molecule has 9 heteroatoms. The quantitative estimate of drug-likeness (QED) is 0.406. The first-order valence-electron chi connectivity index (χ1n) is 11.4. The van der Waals surface area contributed by atoms with Crippen LogP contribution in [-0.4, -0.2) is 40.0 Å². The molecule has 0 aromatic heterocycles. The maximum atomic E-state index is 13.1. The summed E-state index contributed by atoms with van der Waals surface area (Å²) >= 11 is 12.0. The molecular formula is C26H27Cl2N3O3S. The summed E-state index contributed by atoms with van der Waals surface area (Å²) in [5, 5.41) is 6.67. The summed E-state index contributed by atoms with van der Waals surface area (Å²) in [6, 6.07) is 23.9. The van der Waals surface area contributed by atoms with E-state index in [1.54, 1.807) is 0 Å². The molecular weight excluding hydrogens is 505 g/mol.